The number of aromatic nitrogens is 2. The summed E-state index contributed by atoms with van der Waals surface area (Å²) in [6.07, 6.45) is 4.92. The van der Waals surface area contributed by atoms with Crippen LogP contribution in [0.2, 0.25) is 0 Å². The van der Waals surface area contributed by atoms with E-state index in [1.165, 1.54) is 12.3 Å². The molecule has 0 aliphatic rings. The second kappa shape index (κ2) is 4.45. The average Bonchev–Trinajstić information content (AvgIpc) is 2.86. The summed E-state index contributed by atoms with van der Waals surface area (Å²) in [6.45, 7) is 4.47. The molecule has 17 heavy (non-hydrogen) atoms. The molecule has 0 fully saturated rings. The van der Waals surface area contributed by atoms with Crippen LogP contribution < -0.4 is 0 Å². The van der Waals surface area contributed by atoms with Crippen LogP contribution in [0.5, 0.6) is 0 Å². The molecule has 0 aromatic carbocycles. The minimum Gasteiger partial charge on any atom is -0.478 e. The largest absolute Gasteiger partial charge is 0.478 e. The van der Waals surface area contributed by atoms with Crippen molar-refractivity contribution >= 4 is 5.97 Å². The lowest BCUT2D eigenvalue weighted by atomic mass is 10.2. The normalized spacial score (nSPS) is 11.0. The van der Waals surface area contributed by atoms with E-state index in [0.29, 0.717) is 12.3 Å². The molecule has 0 bridgehead atoms. The number of imidazole rings is 1. The number of carboxylic acid groups (broad SMARTS) is 1. The number of furan rings is 1. The Morgan fingerprint density at radius 3 is 3.00 bits per heavy atom. The van der Waals surface area contributed by atoms with Gasteiger partial charge >= 0.3 is 5.97 Å². The summed E-state index contributed by atoms with van der Waals surface area (Å²) in [5.41, 5.74) is 0.202. The first kappa shape index (κ1) is 11.4. The Hall–Kier alpha value is -2.04. The summed E-state index contributed by atoms with van der Waals surface area (Å²) < 4.78 is 7.10. The Morgan fingerprint density at radius 2 is 2.35 bits per heavy atom. The minimum atomic E-state index is -0.972. The molecule has 0 atom stereocenters. The van der Waals surface area contributed by atoms with Crippen molar-refractivity contribution in [2.45, 2.75) is 26.3 Å². The molecule has 1 N–H and O–H groups in total. The van der Waals surface area contributed by atoms with Crippen LogP contribution in [0.1, 0.15) is 41.7 Å². The molecule has 0 saturated heterocycles. The van der Waals surface area contributed by atoms with Crippen molar-refractivity contribution in [2.75, 3.05) is 0 Å². The van der Waals surface area contributed by atoms with Gasteiger partial charge in [-0.15, -0.1) is 0 Å². The maximum Gasteiger partial charge on any atom is 0.339 e. The van der Waals surface area contributed by atoms with Crippen molar-refractivity contribution in [2.24, 2.45) is 0 Å². The molecular weight excluding hydrogens is 220 g/mol. The fourth-order valence-corrected chi connectivity index (χ4v) is 1.76. The van der Waals surface area contributed by atoms with E-state index in [-0.39, 0.29) is 11.5 Å². The zero-order valence-corrected chi connectivity index (χ0v) is 9.75. The van der Waals surface area contributed by atoms with Crippen LogP contribution in [-0.2, 0) is 6.54 Å². The number of carboxylic acids is 1. The lowest BCUT2D eigenvalue weighted by Gasteiger charge is -2.09. The molecular formula is C12H14N2O3. The van der Waals surface area contributed by atoms with Gasteiger partial charge in [-0.05, 0) is 6.07 Å². The molecule has 0 saturated carbocycles. The van der Waals surface area contributed by atoms with Crippen molar-refractivity contribution in [1.82, 2.24) is 9.55 Å². The highest BCUT2D eigenvalue weighted by atomic mass is 16.4. The smallest absolute Gasteiger partial charge is 0.339 e. The van der Waals surface area contributed by atoms with Gasteiger partial charge in [-0.3, -0.25) is 0 Å². The topological polar surface area (TPSA) is 68.3 Å². The van der Waals surface area contributed by atoms with Crippen LogP contribution in [0, 0.1) is 0 Å². The Balaban J connectivity index is 2.29. The first-order valence-electron chi connectivity index (χ1n) is 5.40. The maximum absolute atomic E-state index is 10.9. The third kappa shape index (κ3) is 2.22. The van der Waals surface area contributed by atoms with Crippen LogP contribution in [0.4, 0.5) is 0 Å². The van der Waals surface area contributed by atoms with E-state index in [1.807, 2.05) is 24.6 Å². The molecule has 2 heterocycles. The van der Waals surface area contributed by atoms with Gasteiger partial charge in [0.15, 0.2) is 0 Å². The van der Waals surface area contributed by atoms with E-state index in [1.54, 1.807) is 6.20 Å². The molecule has 0 unspecified atom stereocenters. The summed E-state index contributed by atoms with van der Waals surface area (Å²) in [6, 6.07) is 1.46. The summed E-state index contributed by atoms with van der Waals surface area (Å²) in [5, 5.41) is 8.98. The van der Waals surface area contributed by atoms with E-state index in [0.717, 1.165) is 5.82 Å². The summed E-state index contributed by atoms with van der Waals surface area (Å²) in [7, 11) is 0. The van der Waals surface area contributed by atoms with Gasteiger partial charge in [0.1, 0.15) is 17.1 Å². The van der Waals surface area contributed by atoms with Gasteiger partial charge in [-0.2, -0.15) is 0 Å². The number of hydrogen-bond acceptors (Lipinski definition) is 3. The zero-order chi connectivity index (χ0) is 12.4. The van der Waals surface area contributed by atoms with Gasteiger partial charge in [0.05, 0.1) is 12.8 Å². The molecule has 2 aromatic heterocycles. The van der Waals surface area contributed by atoms with Crippen LogP contribution in [0.15, 0.2) is 29.1 Å². The minimum absolute atomic E-state index is 0.202. The Labute approximate surface area is 98.7 Å². The standard InChI is InChI=1S/C12H14N2O3/c1-8(2)11-13-4-5-14(11)7-10-9(12(15)16)3-6-17-10/h3-6,8H,7H2,1-2H3,(H,15,16). The molecule has 0 aliphatic carbocycles. The highest BCUT2D eigenvalue weighted by molar-refractivity contribution is 5.88. The van der Waals surface area contributed by atoms with Gasteiger partial charge in [-0.1, -0.05) is 13.8 Å². The van der Waals surface area contributed by atoms with E-state index >= 15 is 0 Å². The molecule has 0 aliphatic heterocycles. The third-order valence-corrected chi connectivity index (χ3v) is 2.55. The molecule has 2 rings (SSSR count). The fraction of sp³-hybridized carbons (Fsp3) is 0.333. The lowest BCUT2D eigenvalue weighted by Crippen LogP contribution is -2.08. The van der Waals surface area contributed by atoms with Crippen LogP contribution in [-0.4, -0.2) is 20.6 Å². The van der Waals surface area contributed by atoms with Crippen molar-refractivity contribution in [3.8, 4) is 0 Å². The average molecular weight is 234 g/mol. The molecule has 5 nitrogen and oxygen atoms in total. The van der Waals surface area contributed by atoms with Gasteiger partial charge in [-0.25, -0.2) is 9.78 Å². The van der Waals surface area contributed by atoms with E-state index in [2.05, 4.69) is 4.98 Å². The molecule has 2 aromatic rings. The number of aromatic carboxylic acids is 1. The third-order valence-electron chi connectivity index (χ3n) is 2.55. The quantitative estimate of drug-likeness (QED) is 0.881. The first-order valence-corrected chi connectivity index (χ1v) is 5.40. The lowest BCUT2D eigenvalue weighted by molar-refractivity contribution is 0.0694. The van der Waals surface area contributed by atoms with E-state index in [4.69, 9.17) is 9.52 Å². The zero-order valence-electron chi connectivity index (χ0n) is 9.75. The van der Waals surface area contributed by atoms with Crippen LogP contribution in [0.25, 0.3) is 0 Å². The van der Waals surface area contributed by atoms with Crippen LogP contribution in [0.3, 0.4) is 0 Å². The molecule has 0 spiro atoms. The Kier molecular flexibility index (Phi) is 2.99. The Bertz CT molecular complexity index is 525. The molecule has 5 heteroatoms. The van der Waals surface area contributed by atoms with Gasteiger partial charge in [0, 0.05) is 18.3 Å². The second-order valence-corrected chi connectivity index (χ2v) is 4.13. The summed E-state index contributed by atoms with van der Waals surface area (Å²) in [5.74, 6) is 0.670. The Morgan fingerprint density at radius 1 is 1.59 bits per heavy atom. The predicted octanol–water partition coefficient (Wildman–Crippen LogP) is 2.35. The fourth-order valence-electron chi connectivity index (χ4n) is 1.76. The SMILES string of the molecule is CC(C)c1nccn1Cc1occc1C(=O)O. The number of nitrogens with zero attached hydrogens (tertiary/aromatic N) is 2. The summed E-state index contributed by atoms with van der Waals surface area (Å²) in [4.78, 5) is 15.2. The van der Waals surface area contributed by atoms with Gasteiger partial charge < -0.3 is 14.1 Å². The van der Waals surface area contributed by atoms with Gasteiger partial charge in [0.2, 0.25) is 0 Å². The predicted molar refractivity (Wildman–Crippen MR) is 61.1 cm³/mol. The molecule has 0 amide bonds. The highest BCUT2D eigenvalue weighted by Gasteiger charge is 2.15. The molecule has 0 radical (unpaired) electrons. The van der Waals surface area contributed by atoms with Crippen molar-refractivity contribution < 1.29 is 14.3 Å². The molecule has 90 valence electrons. The monoisotopic (exact) mass is 234 g/mol. The first-order chi connectivity index (χ1) is 8.09. The number of rotatable bonds is 4. The van der Waals surface area contributed by atoms with Gasteiger partial charge in [0.25, 0.3) is 0 Å². The summed E-state index contributed by atoms with van der Waals surface area (Å²) >= 11 is 0. The number of carbonyl (C=O) groups is 1. The van der Waals surface area contributed by atoms with E-state index in [9.17, 15) is 4.79 Å². The van der Waals surface area contributed by atoms with Crippen LogP contribution >= 0.6 is 0 Å². The van der Waals surface area contributed by atoms with Crippen molar-refractivity contribution in [3.63, 3.8) is 0 Å². The second-order valence-electron chi connectivity index (χ2n) is 4.13. The van der Waals surface area contributed by atoms with E-state index < -0.39 is 5.97 Å². The van der Waals surface area contributed by atoms with Crippen molar-refractivity contribution in [3.05, 3.63) is 41.9 Å². The maximum atomic E-state index is 10.9. The van der Waals surface area contributed by atoms with Crippen molar-refractivity contribution in [1.29, 1.82) is 0 Å². The number of hydrogen-bond donors (Lipinski definition) is 1. The highest BCUT2D eigenvalue weighted by Crippen LogP contribution is 2.17.